The number of benzene rings is 1. The summed E-state index contributed by atoms with van der Waals surface area (Å²) in [5.74, 6) is 0. The van der Waals surface area contributed by atoms with E-state index in [9.17, 15) is 21.6 Å². The lowest BCUT2D eigenvalue weighted by atomic mass is 10.3. The molecule has 1 aromatic carbocycles. The first-order chi connectivity index (χ1) is 11.6. The van der Waals surface area contributed by atoms with E-state index in [2.05, 4.69) is 25.6 Å². The van der Waals surface area contributed by atoms with Crippen LogP contribution < -0.4 is 4.72 Å². The van der Waals surface area contributed by atoms with Gasteiger partial charge in [-0.2, -0.15) is 13.2 Å². The molecular formula is C15H11BrF3N3O2S. The molecule has 5 nitrogen and oxygen atoms in total. The van der Waals surface area contributed by atoms with Gasteiger partial charge in [0.05, 0.1) is 22.7 Å². The van der Waals surface area contributed by atoms with E-state index in [1.807, 2.05) is 0 Å². The van der Waals surface area contributed by atoms with Gasteiger partial charge >= 0.3 is 6.18 Å². The minimum atomic E-state index is -4.46. The van der Waals surface area contributed by atoms with Crippen LogP contribution in [0.15, 0.2) is 58.2 Å². The lowest BCUT2D eigenvalue weighted by molar-refractivity contribution is -0.137. The van der Waals surface area contributed by atoms with Gasteiger partial charge in [-0.3, -0.25) is 0 Å². The zero-order valence-electron chi connectivity index (χ0n) is 12.5. The van der Waals surface area contributed by atoms with Crippen LogP contribution in [-0.2, 0) is 22.7 Å². The number of pyridine rings is 1. The van der Waals surface area contributed by atoms with Gasteiger partial charge in [0.2, 0.25) is 10.0 Å². The highest BCUT2D eigenvalue weighted by Gasteiger charge is 2.30. The van der Waals surface area contributed by atoms with Crippen LogP contribution in [0.2, 0.25) is 0 Å². The maximum atomic E-state index is 12.7. The monoisotopic (exact) mass is 433 g/mol. The first-order valence-corrected chi connectivity index (χ1v) is 9.23. The minimum Gasteiger partial charge on any atom is -0.306 e. The predicted molar refractivity (Wildman–Crippen MR) is 88.4 cm³/mol. The van der Waals surface area contributed by atoms with Crippen LogP contribution in [0.25, 0.3) is 5.65 Å². The summed E-state index contributed by atoms with van der Waals surface area (Å²) in [4.78, 5) is 4.19. The van der Waals surface area contributed by atoms with Crippen molar-refractivity contribution in [3.8, 4) is 0 Å². The molecule has 10 heteroatoms. The zero-order valence-corrected chi connectivity index (χ0v) is 14.9. The fraction of sp³-hybridized carbons (Fsp3) is 0.133. The Bertz CT molecular complexity index is 1010. The Morgan fingerprint density at radius 3 is 2.40 bits per heavy atom. The lowest BCUT2D eigenvalue weighted by Crippen LogP contribution is -2.23. The van der Waals surface area contributed by atoms with Crippen molar-refractivity contribution in [2.45, 2.75) is 17.6 Å². The molecule has 2 aromatic heterocycles. The number of hydrogen-bond donors (Lipinski definition) is 1. The Hall–Kier alpha value is -1.91. The number of hydrogen-bond acceptors (Lipinski definition) is 3. The smallest absolute Gasteiger partial charge is 0.306 e. The number of sulfonamides is 1. The van der Waals surface area contributed by atoms with Crippen LogP contribution in [0.5, 0.6) is 0 Å². The highest BCUT2D eigenvalue weighted by atomic mass is 79.9. The molecule has 0 aliphatic heterocycles. The topological polar surface area (TPSA) is 63.5 Å². The molecule has 0 amide bonds. The third-order valence-corrected chi connectivity index (χ3v) is 5.34. The summed E-state index contributed by atoms with van der Waals surface area (Å²) in [6.07, 6.45) is -2.19. The SMILES string of the molecule is O=S(=O)(NCc1cn2cc(C(F)(F)F)ccc2n1)c1ccc(Br)cc1. The zero-order chi connectivity index (χ0) is 18.2. The number of nitrogens with one attached hydrogen (secondary N) is 1. The maximum absolute atomic E-state index is 12.7. The summed E-state index contributed by atoms with van der Waals surface area (Å²) in [7, 11) is -3.74. The van der Waals surface area contributed by atoms with Gasteiger partial charge in [-0.05, 0) is 36.4 Å². The second kappa shape index (κ2) is 6.43. The fourth-order valence-electron chi connectivity index (χ4n) is 2.16. The summed E-state index contributed by atoms with van der Waals surface area (Å²) in [5, 5.41) is 0. The molecule has 132 valence electrons. The van der Waals surface area contributed by atoms with Crippen LogP contribution in [0.1, 0.15) is 11.3 Å². The van der Waals surface area contributed by atoms with E-state index in [1.54, 1.807) is 12.1 Å². The van der Waals surface area contributed by atoms with Crippen molar-refractivity contribution >= 4 is 31.6 Å². The summed E-state index contributed by atoms with van der Waals surface area (Å²) < 4.78 is 66.9. The van der Waals surface area contributed by atoms with E-state index in [-0.39, 0.29) is 11.4 Å². The molecule has 0 atom stereocenters. The molecule has 0 unspecified atom stereocenters. The van der Waals surface area contributed by atoms with Gasteiger partial charge in [0.15, 0.2) is 0 Å². The van der Waals surface area contributed by atoms with Crippen molar-refractivity contribution in [1.82, 2.24) is 14.1 Å². The van der Waals surface area contributed by atoms with Crippen LogP contribution in [-0.4, -0.2) is 17.8 Å². The number of alkyl halides is 3. The Kier molecular flexibility index (Phi) is 4.60. The summed E-state index contributed by atoms with van der Waals surface area (Å²) in [6.45, 7) is -0.137. The molecule has 1 N–H and O–H groups in total. The molecule has 3 aromatic rings. The summed E-state index contributed by atoms with van der Waals surface area (Å²) in [6, 6.07) is 8.22. The fourth-order valence-corrected chi connectivity index (χ4v) is 3.43. The molecule has 25 heavy (non-hydrogen) atoms. The molecule has 2 heterocycles. The first-order valence-electron chi connectivity index (χ1n) is 6.95. The van der Waals surface area contributed by atoms with Crippen LogP contribution in [0.4, 0.5) is 13.2 Å². The van der Waals surface area contributed by atoms with Gasteiger partial charge in [0, 0.05) is 16.9 Å². The predicted octanol–water partition coefficient (Wildman–Crippen LogP) is 3.59. The van der Waals surface area contributed by atoms with Crippen LogP contribution in [0.3, 0.4) is 0 Å². The van der Waals surface area contributed by atoms with E-state index in [0.717, 1.165) is 16.7 Å². The van der Waals surface area contributed by atoms with Crippen molar-refractivity contribution < 1.29 is 21.6 Å². The summed E-state index contributed by atoms with van der Waals surface area (Å²) in [5.41, 5.74) is -0.203. The Morgan fingerprint density at radius 1 is 1.08 bits per heavy atom. The molecule has 0 spiro atoms. The quantitative estimate of drug-likeness (QED) is 0.683. The molecule has 0 radical (unpaired) electrons. The summed E-state index contributed by atoms with van der Waals surface area (Å²) >= 11 is 3.22. The highest BCUT2D eigenvalue weighted by molar-refractivity contribution is 9.10. The maximum Gasteiger partial charge on any atom is 0.417 e. The molecule has 3 rings (SSSR count). The molecular weight excluding hydrogens is 423 g/mol. The number of halogens is 4. The molecule has 0 aliphatic rings. The Morgan fingerprint density at radius 2 is 1.76 bits per heavy atom. The molecule has 0 saturated heterocycles. The standard InChI is InChI=1S/C15H11BrF3N3O2S/c16-11-2-4-13(5-3-11)25(23,24)20-7-12-9-22-8-10(15(17,18)19)1-6-14(22)21-12/h1-6,8-9,20H,7H2. The van der Waals surface area contributed by atoms with E-state index >= 15 is 0 Å². The highest BCUT2D eigenvalue weighted by Crippen LogP contribution is 2.29. The van der Waals surface area contributed by atoms with Gasteiger partial charge in [0.25, 0.3) is 0 Å². The molecule has 0 aliphatic carbocycles. The van der Waals surface area contributed by atoms with Gasteiger partial charge in [-0.1, -0.05) is 15.9 Å². The van der Waals surface area contributed by atoms with Crippen molar-refractivity contribution in [2.75, 3.05) is 0 Å². The lowest BCUT2D eigenvalue weighted by Gasteiger charge is -2.06. The molecule has 0 saturated carbocycles. The van der Waals surface area contributed by atoms with Gasteiger partial charge < -0.3 is 4.40 Å². The molecule has 0 fully saturated rings. The van der Waals surface area contributed by atoms with Crippen molar-refractivity contribution in [2.24, 2.45) is 0 Å². The van der Waals surface area contributed by atoms with Gasteiger partial charge in [-0.15, -0.1) is 0 Å². The largest absolute Gasteiger partial charge is 0.417 e. The van der Waals surface area contributed by atoms with Crippen LogP contribution >= 0.6 is 15.9 Å². The van der Waals surface area contributed by atoms with Crippen molar-refractivity contribution in [3.05, 3.63) is 64.5 Å². The number of fused-ring (bicyclic) bond motifs is 1. The average Bonchev–Trinajstić information content (AvgIpc) is 2.95. The Labute approximate surface area is 149 Å². The van der Waals surface area contributed by atoms with Crippen LogP contribution in [0, 0.1) is 0 Å². The number of aromatic nitrogens is 2. The van der Waals surface area contributed by atoms with Crippen molar-refractivity contribution in [1.29, 1.82) is 0 Å². The normalized spacial score (nSPS) is 12.6. The van der Waals surface area contributed by atoms with E-state index in [4.69, 9.17) is 0 Å². The second-order valence-corrected chi connectivity index (χ2v) is 7.87. The van der Waals surface area contributed by atoms with Crippen molar-refractivity contribution in [3.63, 3.8) is 0 Å². The number of rotatable bonds is 4. The third kappa shape index (κ3) is 4.02. The van der Waals surface area contributed by atoms with Gasteiger partial charge in [-0.25, -0.2) is 18.1 Å². The van der Waals surface area contributed by atoms with E-state index in [1.165, 1.54) is 28.8 Å². The first kappa shape index (κ1) is 17.9. The van der Waals surface area contributed by atoms with E-state index < -0.39 is 21.8 Å². The number of imidazole rings is 1. The molecule has 0 bridgehead atoms. The van der Waals surface area contributed by atoms with E-state index in [0.29, 0.717) is 11.3 Å². The number of nitrogens with zero attached hydrogens (tertiary/aromatic N) is 2. The third-order valence-electron chi connectivity index (χ3n) is 3.40. The Balaban J connectivity index is 1.80. The average molecular weight is 434 g/mol. The minimum absolute atomic E-state index is 0.0822. The second-order valence-electron chi connectivity index (χ2n) is 5.19. The van der Waals surface area contributed by atoms with Gasteiger partial charge in [0.1, 0.15) is 5.65 Å².